The average Bonchev–Trinajstić information content (AvgIpc) is 2.46. The predicted octanol–water partition coefficient (Wildman–Crippen LogP) is 7.08. The van der Waals surface area contributed by atoms with Crippen LogP contribution in [0.25, 0.3) is 0 Å². The Morgan fingerprint density at radius 1 is 0.840 bits per heavy atom. The number of esters is 1. The summed E-state index contributed by atoms with van der Waals surface area (Å²) in [5, 5.41) is 0. The van der Waals surface area contributed by atoms with Crippen molar-refractivity contribution in [2.45, 2.75) is 72.1 Å². The van der Waals surface area contributed by atoms with Crippen LogP contribution in [0.4, 0.5) is 0 Å². The number of ether oxygens (including phenoxy) is 1. The second kappa shape index (κ2) is 9.58. The molecule has 0 aromatic carbocycles. The zero-order chi connectivity index (χ0) is 19.7. The first kappa shape index (κ1) is 24.9. The summed E-state index contributed by atoms with van der Waals surface area (Å²) in [6.07, 6.45) is 0.821. The van der Waals surface area contributed by atoms with Crippen molar-refractivity contribution in [2.24, 2.45) is 22.7 Å². The molecular weight excluding hydrogens is 648 g/mol. The molecule has 0 aromatic rings. The van der Waals surface area contributed by atoms with E-state index >= 15 is 0 Å². The molecule has 0 aliphatic heterocycles. The molecular formula is C18H29Br5O2. The Balaban J connectivity index is 2.81. The fourth-order valence-corrected chi connectivity index (χ4v) is 8.35. The van der Waals surface area contributed by atoms with Gasteiger partial charge in [-0.25, -0.2) is 0 Å². The summed E-state index contributed by atoms with van der Waals surface area (Å²) in [5.41, 5.74) is -0.0295. The molecule has 0 amide bonds. The van der Waals surface area contributed by atoms with E-state index in [2.05, 4.69) is 121 Å². The monoisotopic (exact) mass is 672 g/mol. The summed E-state index contributed by atoms with van der Waals surface area (Å²) in [6, 6.07) is 0. The van der Waals surface area contributed by atoms with Crippen LogP contribution in [-0.4, -0.2) is 36.7 Å². The van der Waals surface area contributed by atoms with Crippen LogP contribution in [0.15, 0.2) is 0 Å². The molecule has 5 atom stereocenters. The van der Waals surface area contributed by atoms with Crippen molar-refractivity contribution in [3.63, 3.8) is 0 Å². The van der Waals surface area contributed by atoms with Gasteiger partial charge in [-0.05, 0) is 17.3 Å². The van der Waals surface area contributed by atoms with Crippen molar-refractivity contribution < 1.29 is 9.53 Å². The van der Waals surface area contributed by atoms with Crippen molar-refractivity contribution in [1.29, 1.82) is 0 Å². The first-order valence-electron chi connectivity index (χ1n) is 8.54. The number of hydrogen-bond acceptors (Lipinski definition) is 2. The minimum absolute atomic E-state index is 0.0833. The molecule has 1 rings (SSSR count). The molecule has 7 heteroatoms. The Bertz CT molecular complexity index is 441. The van der Waals surface area contributed by atoms with Crippen LogP contribution in [0.2, 0.25) is 0 Å². The highest BCUT2D eigenvalue weighted by Gasteiger charge is 2.47. The lowest BCUT2D eigenvalue weighted by Crippen LogP contribution is -2.52. The van der Waals surface area contributed by atoms with Crippen molar-refractivity contribution in [3.05, 3.63) is 0 Å². The van der Waals surface area contributed by atoms with E-state index in [0.717, 1.165) is 6.42 Å². The van der Waals surface area contributed by atoms with E-state index in [1.807, 2.05) is 0 Å². The minimum atomic E-state index is -0.116. The number of hydrogen-bond donors (Lipinski definition) is 0. The summed E-state index contributed by atoms with van der Waals surface area (Å²) in [4.78, 5) is 14.1. The average molecular weight is 677 g/mol. The Hall–Kier alpha value is 1.87. The minimum Gasteiger partial charge on any atom is -0.465 e. The van der Waals surface area contributed by atoms with Gasteiger partial charge in [-0.15, -0.1) is 0 Å². The lowest BCUT2D eigenvalue weighted by molar-refractivity contribution is -0.155. The van der Waals surface area contributed by atoms with E-state index < -0.39 is 0 Å². The van der Waals surface area contributed by atoms with Crippen LogP contribution in [0.1, 0.15) is 48.0 Å². The third-order valence-electron chi connectivity index (χ3n) is 4.60. The molecule has 0 heterocycles. The fourth-order valence-electron chi connectivity index (χ4n) is 2.99. The molecule has 2 nitrogen and oxygen atoms in total. The summed E-state index contributed by atoms with van der Waals surface area (Å²) in [5.74, 6) is -0.0103. The van der Waals surface area contributed by atoms with Gasteiger partial charge in [0.15, 0.2) is 0 Å². The lowest BCUT2D eigenvalue weighted by atomic mass is 9.72. The zero-order valence-electron chi connectivity index (χ0n) is 15.7. The zero-order valence-corrected chi connectivity index (χ0v) is 23.6. The Kier molecular flexibility index (Phi) is 9.54. The second-order valence-corrected chi connectivity index (χ2v) is 14.5. The van der Waals surface area contributed by atoms with Crippen molar-refractivity contribution in [3.8, 4) is 0 Å². The molecule has 1 aliphatic carbocycles. The van der Waals surface area contributed by atoms with Gasteiger partial charge in [-0.1, -0.05) is 121 Å². The van der Waals surface area contributed by atoms with Crippen LogP contribution in [0, 0.1) is 22.7 Å². The topological polar surface area (TPSA) is 26.3 Å². The molecule has 1 aliphatic rings. The molecule has 0 spiro atoms. The second-order valence-electron chi connectivity index (χ2n) is 9.20. The van der Waals surface area contributed by atoms with Gasteiger partial charge in [-0.2, -0.15) is 0 Å². The molecule has 0 bridgehead atoms. The van der Waals surface area contributed by atoms with E-state index in [1.165, 1.54) is 0 Å². The predicted molar refractivity (Wildman–Crippen MR) is 125 cm³/mol. The standard InChI is InChI=1S/C18H29Br5O2/c1-17(2,3)7-10(18(4,5)6)16(24)25-8-9-11(19)13(21)15(23)14(22)12(9)20/h9-15H,7-8H2,1-6H3. The summed E-state index contributed by atoms with van der Waals surface area (Å²) in [7, 11) is 0. The van der Waals surface area contributed by atoms with E-state index in [0.29, 0.717) is 6.61 Å². The molecule has 5 unspecified atom stereocenters. The van der Waals surface area contributed by atoms with Gasteiger partial charge in [0.2, 0.25) is 0 Å². The first-order chi connectivity index (χ1) is 11.2. The fraction of sp³-hybridized carbons (Fsp3) is 0.944. The number of alkyl halides is 5. The van der Waals surface area contributed by atoms with Crippen molar-refractivity contribution >= 4 is 85.6 Å². The van der Waals surface area contributed by atoms with Gasteiger partial charge < -0.3 is 4.74 Å². The highest BCUT2D eigenvalue weighted by molar-refractivity contribution is 9.15. The van der Waals surface area contributed by atoms with Gasteiger partial charge in [0, 0.05) is 30.1 Å². The maximum Gasteiger partial charge on any atom is 0.309 e. The van der Waals surface area contributed by atoms with E-state index in [-0.39, 0.29) is 52.8 Å². The molecule has 1 fully saturated rings. The number of rotatable bonds is 4. The largest absolute Gasteiger partial charge is 0.465 e. The molecule has 0 saturated heterocycles. The highest BCUT2D eigenvalue weighted by atomic mass is 79.9. The highest BCUT2D eigenvalue weighted by Crippen LogP contribution is 2.45. The normalized spacial score (nSPS) is 35.3. The number of carbonyl (C=O) groups excluding carboxylic acids is 1. The number of halogens is 5. The molecule has 148 valence electrons. The Morgan fingerprint density at radius 3 is 1.60 bits per heavy atom. The summed E-state index contributed by atoms with van der Waals surface area (Å²) in [6.45, 7) is 13.3. The van der Waals surface area contributed by atoms with Gasteiger partial charge >= 0.3 is 5.97 Å². The maximum absolute atomic E-state index is 12.9. The first-order valence-corrected chi connectivity index (χ1v) is 13.1. The van der Waals surface area contributed by atoms with Crippen molar-refractivity contribution in [2.75, 3.05) is 6.61 Å². The number of carbonyl (C=O) groups is 1. The Labute approximate surface area is 195 Å². The van der Waals surface area contributed by atoms with E-state index in [1.54, 1.807) is 0 Å². The van der Waals surface area contributed by atoms with Crippen molar-refractivity contribution in [1.82, 2.24) is 0 Å². The van der Waals surface area contributed by atoms with Gasteiger partial charge in [0.05, 0.1) is 12.5 Å². The van der Waals surface area contributed by atoms with Crippen LogP contribution < -0.4 is 0 Å². The van der Waals surface area contributed by atoms with E-state index in [4.69, 9.17) is 4.74 Å². The van der Waals surface area contributed by atoms with Crippen LogP contribution in [-0.2, 0) is 9.53 Å². The smallest absolute Gasteiger partial charge is 0.309 e. The van der Waals surface area contributed by atoms with E-state index in [9.17, 15) is 4.79 Å². The summed E-state index contributed by atoms with van der Waals surface area (Å²) < 4.78 is 5.83. The quantitative estimate of drug-likeness (QED) is 0.235. The molecule has 0 radical (unpaired) electrons. The van der Waals surface area contributed by atoms with Crippen LogP contribution in [0.5, 0.6) is 0 Å². The molecule has 0 N–H and O–H groups in total. The molecule has 1 saturated carbocycles. The summed E-state index contributed by atoms with van der Waals surface area (Å²) >= 11 is 18.8. The van der Waals surface area contributed by atoms with Gasteiger partial charge in [-0.3, -0.25) is 4.79 Å². The SMILES string of the molecule is CC(C)(C)CC(C(=O)OCC1C(Br)C(Br)C(Br)C(Br)C1Br)C(C)(C)C. The lowest BCUT2D eigenvalue weighted by Gasteiger charge is -2.42. The third kappa shape index (κ3) is 7.01. The Morgan fingerprint density at radius 2 is 1.24 bits per heavy atom. The van der Waals surface area contributed by atoms with Crippen LogP contribution >= 0.6 is 79.6 Å². The third-order valence-corrected chi connectivity index (χ3v) is 13.4. The van der Waals surface area contributed by atoms with Gasteiger partial charge in [0.25, 0.3) is 0 Å². The molecule has 25 heavy (non-hydrogen) atoms. The van der Waals surface area contributed by atoms with Crippen LogP contribution in [0.3, 0.4) is 0 Å². The molecule has 0 aromatic heterocycles. The maximum atomic E-state index is 12.9. The van der Waals surface area contributed by atoms with Gasteiger partial charge in [0.1, 0.15) is 0 Å².